The minimum Gasteiger partial charge on any atom is -0.481 e. The van der Waals surface area contributed by atoms with Crippen molar-refractivity contribution in [3.8, 4) is 11.8 Å². The van der Waals surface area contributed by atoms with Crippen LogP contribution in [0.2, 0.25) is 0 Å². The lowest BCUT2D eigenvalue weighted by Gasteiger charge is -2.45. The Morgan fingerprint density at radius 3 is 1.40 bits per heavy atom. The molecule has 21 nitrogen and oxygen atoms in total. The van der Waals surface area contributed by atoms with Gasteiger partial charge >= 0.3 is 0 Å². The number of aromatic nitrogens is 4. The summed E-state index contributed by atoms with van der Waals surface area (Å²) in [5.74, 6) is -0.0173. The van der Waals surface area contributed by atoms with Gasteiger partial charge in [0.05, 0.1) is 13.2 Å². The molecular formula is C69H105N7O14. The van der Waals surface area contributed by atoms with Gasteiger partial charge in [0, 0.05) is 68.5 Å². The van der Waals surface area contributed by atoms with E-state index in [0.29, 0.717) is 23.7 Å². The number of carboxylic acids is 1. The average Bonchev–Trinajstić information content (AvgIpc) is 1.70. The van der Waals surface area contributed by atoms with E-state index in [1.165, 1.54) is 108 Å². The number of hydrogen-bond donors (Lipinski definition) is 12. The maximum Gasteiger partial charge on any atom is 0.300 e. The van der Waals surface area contributed by atoms with Crippen molar-refractivity contribution in [1.82, 2.24) is 35.5 Å². The molecule has 90 heavy (non-hydrogen) atoms. The average molecular weight is 1260 g/mol. The molecule has 0 unspecified atom stereocenters. The molecule has 4 aromatic rings. The molecule has 6 aliphatic rings. The van der Waals surface area contributed by atoms with Gasteiger partial charge in [-0.2, -0.15) is 0 Å². The van der Waals surface area contributed by atoms with Crippen LogP contribution in [0.1, 0.15) is 186 Å². The van der Waals surface area contributed by atoms with Crippen LogP contribution in [0, 0.1) is 24.7 Å². The van der Waals surface area contributed by atoms with E-state index in [0.717, 1.165) is 90.7 Å². The van der Waals surface area contributed by atoms with Gasteiger partial charge in [0.2, 0.25) is 24.3 Å². The van der Waals surface area contributed by atoms with E-state index in [1.807, 2.05) is 0 Å². The molecule has 0 amide bonds. The zero-order chi connectivity index (χ0) is 64.7. The maximum absolute atomic E-state index is 10.5. The third kappa shape index (κ3) is 18.6. The Kier molecular flexibility index (Phi) is 26.0. The Balaban J connectivity index is 0.000000219. The highest BCUT2D eigenvalue weighted by Gasteiger charge is 2.47. The first kappa shape index (κ1) is 70.8. The number of H-pyrrole nitrogens is 2. The Bertz CT molecular complexity index is 2730. The van der Waals surface area contributed by atoms with E-state index >= 15 is 0 Å². The van der Waals surface area contributed by atoms with Crippen molar-refractivity contribution >= 4 is 18.1 Å². The Hall–Kier alpha value is -5.11. The van der Waals surface area contributed by atoms with Crippen molar-refractivity contribution in [3.05, 3.63) is 104 Å². The first-order chi connectivity index (χ1) is 43.1. The van der Waals surface area contributed by atoms with Gasteiger partial charge in [-0.15, -0.1) is 10.2 Å². The number of likely N-dealkylation sites (tertiary alicyclic amines) is 2. The van der Waals surface area contributed by atoms with Gasteiger partial charge in [0.1, 0.15) is 48.8 Å². The molecule has 10 atom stereocenters. The highest BCUT2D eigenvalue weighted by Crippen LogP contribution is 2.44. The number of piperidine rings is 3. The van der Waals surface area contributed by atoms with E-state index in [-0.39, 0.29) is 23.6 Å². The number of aliphatic hydroxyl groups is 8. The van der Waals surface area contributed by atoms with Gasteiger partial charge in [-0.05, 0) is 160 Å². The highest BCUT2D eigenvalue weighted by molar-refractivity contribution is 5.63. The van der Waals surface area contributed by atoms with Crippen molar-refractivity contribution in [3.63, 3.8) is 0 Å². The molecule has 6 fully saturated rings. The predicted molar refractivity (Wildman–Crippen MR) is 344 cm³/mol. The number of carboxylic acid groups (broad SMARTS) is 1. The number of aromatic amines is 2. The SMILES string of the molecule is CC(=O)O.Cc1cc(/C=C/CCN2CCCC3(CCCCC3)C2)ccc1Cc1c(O[C@@H]2O[C@H](CO)[C@@H](O)[C@H](O)[C@H]2O)n[nH]c1C(C)C.Cc1cc(/C=C/CCN2CCCC3(CCNCC3)C2)ccc1Cc1c(O[C@@H]2O[C@H](CO)[C@@H](O)[C@H](O)[C@H]2O)n[nH]c1C(C)C. The lowest BCUT2D eigenvalue weighted by molar-refractivity contribution is -0.278. The summed E-state index contributed by atoms with van der Waals surface area (Å²) in [5, 5.41) is 106. The molecule has 7 heterocycles. The summed E-state index contributed by atoms with van der Waals surface area (Å²) in [4.78, 5) is 14.4. The molecule has 5 aliphatic heterocycles. The number of nitrogens with one attached hydrogen (secondary N) is 3. The van der Waals surface area contributed by atoms with Crippen LogP contribution in [0.3, 0.4) is 0 Å². The molecule has 21 heteroatoms. The lowest BCUT2D eigenvalue weighted by atomic mass is 9.69. The molecule has 0 radical (unpaired) electrons. The van der Waals surface area contributed by atoms with Crippen LogP contribution in [-0.4, -0.2) is 209 Å². The van der Waals surface area contributed by atoms with Crippen molar-refractivity contribution in [2.45, 2.75) is 218 Å². The Morgan fingerprint density at radius 1 is 0.611 bits per heavy atom. The largest absolute Gasteiger partial charge is 0.481 e. The number of aliphatic carboxylic acids is 1. The van der Waals surface area contributed by atoms with Gasteiger partial charge in [-0.3, -0.25) is 15.0 Å². The molecule has 1 saturated carbocycles. The maximum atomic E-state index is 10.5. The zero-order valence-corrected chi connectivity index (χ0v) is 54.2. The normalized spacial score (nSPS) is 27.3. The van der Waals surface area contributed by atoms with Crippen LogP contribution < -0.4 is 14.8 Å². The fraction of sp³-hybridized carbons (Fsp3) is 0.667. The van der Waals surface area contributed by atoms with E-state index in [9.17, 15) is 40.9 Å². The number of benzene rings is 2. The quantitative estimate of drug-likeness (QED) is 0.0442. The standard InChI is InChI=1S/C34H51N3O6.C33H50N4O6.C2H4O2/c1-22(2)28-26(32(36-35-28)43-33-31(41)30(40)29(39)27(20-38)42-33)19-25-12-11-24(18-23(25)3)10-5-8-16-37-17-9-15-34(21-37)13-6-4-7-14-34;1-21(2)27-25(31(36-35-27)43-32-30(41)29(40)28(39)26(19-38)42-32)18-24-9-8-23(17-22(24)3)7-4-5-15-37-16-6-10-33(20-37)11-13-34-14-12-33;1-2(3)4/h5,10-12,18,22,27,29-31,33,38-41H,4,6-9,13-17,19-21H2,1-3H3,(H,35,36);4,7-9,17,21,26,28-30,32,34,38-41H,5-6,10-16,18-20H2,1-3H3,(H,35,36);1H3,(H,3,4)/b10-5+;7-4+;/t27-,29-,30+,31-,33+;26-,28-,29+,30-,32+;/m11./s1. The summed E-state index contributed by atoms with van der Waals surface area (Å²) >= 11 is 0. The number of ether oxygens (including phenoxy) is 4. The molecule has 0 bridgehead atoms. The second-order valence-corrected chi connectivity index (χ2v) is 27.0. The van der Waals surface area contributed by atoms with Crippen LogP contribution >= 0.6 is 0 Å². The van der Waals surface area contributed by atoms with Gasteiger partial charge in [-0.1, -0.05) is 108 Å². The summed E-state index contributed by atoms with van der Waals surface area (Å²) in [7, 11) is 0. The van der Waals surface area contributed by atoms with Gasteiger partial charge in [0.15, 0.2) is 0 Å². The first-order valence-corrected chi connectivity index (χ1v) is 33.1. The van der Waals surface area contributed by atoms with Gasteiger partial charge in [0.25, 0.3) is 5.97 Å². The Morgan fingerprint density at radius 2 is 1.01 bits per heavy atom. The van der Waals surface area contributed by atoms with E-state index in [2.05, 4.69) is 138 Å². The summed E-state index contributed by atoms with van der Waals surface area (Å²) in [6.07, 6.45) is 13.8. The third-order valence-electron chi connectivity index (χ3n) is 19.4. The number of nitrogens with zero attached hydrogens (tertiary/aromatic N) is 4. The number of carbonyl (C=O) groups is 1. The van der Waals surface area contributed by atoms with Crippen LogP contribution in [0.5, 0.6) is 11.8 Å². The van der Waals surface area contributed by atoms with Gasteiger partial charge in [-0.25, -0.2) is 0 Å². The van der Waals surface area contributed by atoms with Crippen molar-refractivity contribution in [1.29, 1.82) is 0 Å². The molecule has 2 aromatic carbocycles. The van der Waals surface area contributed by atoms with E-state index in [4.69, 9.17) is 28.8 Å². The summed E-state index contributed by atoms with van der Waals surface area (Å²) < 4.78 is 23.0. The first-order valence-electron chi connectivity index (χ1n) is 33.1. The smallest absolute Gasteiger partial charge is 0.300 e. The monoisotopic (exact) mass is 1260 g/mol. The van der Waals surface area contributed by atoms with Crippen LogP contribution in [0.4, 0.5) is 0 Å². The zero-order valence-electron chi connectivity index (χ0n) is 54.2. The van der Waals surface area contributed by atoms with Gasteiger partial charge < -0.3 is 80.0 Å². The van der Waals surface area contributed by atoms with Crippen LogP contribution in [0.25, 0.3) is 12.2 Å². The summed E-state index contributed by atoms with van der Waals surface area (Å²) in [6.45, 7) is 22.0. The Labute approximate surface area is 531 Å². The topological polar surface area (TPSA) is 312 Å². The van der Waals surface area contributed by atoms with Crippen molar-refractivity contribution in [2.75, 3.05) is 65.6 Å². The number of aryl methyl sites for hydroxylation is 2. The van der Waals surface area contributed by atoms with Crippen LogP contribution in [0.15, 0.2) is 48.6 Å². The van der Waals surface area contributed by atoms with E-state index in [1.54, 1.807) is 0 Å². The van der Waals surface area contributed by atoms with Crippen LogP contribution in [-0.2, 0) is 27.1 Å². The molecule has 2 aromatic heterocycles. The third-order valence-corrected chi connectivity index (χ3v) is 19.4. The van der Waals surface area contributed by atoms with Crippen molar-refractivity contribution in [2.24, 2.45) is 10.8 Å². The molecule has 2 spiro atoms. The highest BCUT2D eigenvalue weighted by atomic mass is 16.7. The summed E-state index contributed by atoms with van der Waals surface area (Å²) in [5.41, 5.74) is 11.5. The molecule has 12 N–H and O–H groups in total. The van der Waals surface area contributed by atoms with E-state index < -0.39 is 80.6 Å². The minimum absolute atomic E-state index is 0.140. The summed E-state index contributed by atoms with van der Waals surface area (Å²) in [6, 6.07) is 13.0. The second kappa shape index (κ2) is 33.1. The minimum atomic E-state index is -1.52. The molecular weight excluding hydrogens is 1150 g/mol. The van der Waals surface area contributed by atoms with Crippen molar-refractivity contribution < 1.29 is 69.7 Å². The second-order valence-electron chi connectivity index (χ2n) is 27.0. The number of hydrogen-bond acceptors (Lipinski definition) is 18. The fourth-order valence-corrected chi connectivity index (χ4v) is 14.2. The molecule has 1 aliphatic carbocycles. The number of rotatable bonds is 20. The molecule has 10 rings (SSSR count). The fourth-order valence-electron chi connectivity index (χ4n) is 14.2. The lowest BCUT2D eigenvalue weighted by Crippen LogP contribution is -2.60. The predicted octanol–water partition coefficient (Wildman–Crippen LogP) is 6.63. The number of aliphatic hydroxyl groups excluding tert-OH is 8. The molecule has 5 saturated heterocycles. The molecule has 500 valence electrons.